The summed E-state index contributed by atoms with van der Waals surface area (Å²) in [6, 6.07) is 3.77. The highest BCUT2D eigenvalue weighted by Crippen LogP contribution is 2.49. The van der Waals surface area contributed by atoms with Gasteiger partial charge in [0.2, 0.25) is 5.43 Å². The van der Waals surface area contributed by atoms with E-state index in [1.165, 1.54) is 0 Å². The van der Waals surface area contributed by atoms with Gasteiger partial charge in [-0.3, -0.25) is 9.78 Å². The van der Waals surface area contributed by atoms with Gasteiger partial charge in [0.15, 0.2) is 11.6 Å². The Bertz CT molecular complexity index is 1270. The van der Waals surface area contributed by atoms with Crippen molar-refractivity contribution in [2.75, 3.05) is 18.0 Å². The number of H-pyrrole nitrogens is 1. The van der Waals surface area contributed by atoms with Gasteiger partial charge in [-0.15, -0.1) is 0 Å². The van der Waals surface area contributed by atoms with E-state index in [1.807, 2.05) is 12.1 Å². The van der Waals surface area contributed by atoms with E-state index in [4.69, 9.17) is 5.73 Å². The molecule has 3 heterocycles. The highest BCUT2D eigenvalue weighted by atomic mass is 19.1. The summed E-state index contributed by atoms with van der Waals surface area (Å²) in [5.74, 6) is -3.18. The van der Waals surface area contributed by atoms with Crippen molar-refractivity contribution in [1.82, 2.24) is 9.97 Å². The van der Waals surface area contributed by atoms with Crippen molar-refractivity contribution >= 4 is 22.6 Å². The van der Waals surface area contributed by atoms with E-state index in [-0.39, 0.29) is 28.1 Å². The first-order valence-electron chi connectivity index (χ1n) is 10.1. The number of hydrogen-bond acceptors (Lipinski definition) is 5. The number of hydrogen-bond donors (Lipinski definition) is 3. The maximum Gasteiger partial charge on any atom is 0.341 e. The molecule has 1 saturated carbocycles. The van der Waals surface area contributed by atoms with Crippen LogP contribution < -0.4 is 16.1 Å². The molecule has 7 nitrogen and oxygen atoms in total. The molecular formula is C22H20F2N4O3. The number of rotatable bonds is 4. The van der Waals surface area contributed by atoms with Crippen molar-refractivity contribution in [3.05, 3.63) is 69.3 Å². The molecule has 9 heteroatoms. The minimum atomic E-state index is -1.47. The molecule has 1 aromatic carbocycles. The van der Waals surface area contributed by atoms with Crippen molar-refractivity contribution < 1.29 is 18.7 Å². The number of pyridine rings is 2. The van der Waals surface area contributed by atoms with E-state index in [0.717, 1.165) is 11.8 Å². The highest BCUT2D eigenvalue weighted by Gasteiger charge is 2.46. The molecule has 0 radical (unpaired) electrons. The van der Waals surface area contributed by atoms with Crippen LogP contribution in [0.3, 0.4) is 0 Å². The number of nitrogens with one attached hydrogen (secondary N) is 1. The molecule has 160 valence electrons. The fourth-order valence-electron chi connectivity index (χ4n) is 4.54. The van der Waals surface area contributed by atoms with Crippen molar-refractivity contribution in [1.29, 1.82) is 0 Å². The molecule has 1 aliphatic carbocycles. The molecule has 0 amide bonds. The van der Waals surface area contributed by atoms with Gasteiger partial charge in [-0.2, -0.15) is 0 Å². The zero-order valence-corrected chi connectivity index (χ0v) is 16.5. The summed E-state index contributed by atoms with van der Waals surface area (Å²) in [4.78, 5) is 32.4. The predicted octanol–water partition coefficient (Wildman–Crippen LogP) is 2.84. The number of carbonyl (C=O) groups is 1. The lowest BCUT2D eigenvalue weighted by atomic mass is 9.95. The second-order valence-electron chi connectivity index (χ2n) is 8.31. The van der Waals surface area contributed by atoms with Gasteiger partial charge in [-0.25, -0.2) is 13.6 Å². The summed E-state index contributed by atoms with van der Waals surface area (Å²) in [6.07, 6.45) is 5.88. The number of carboxylic acid groups (broad SMARTS) is 1. The van der Waals surface area contributed by atoms with Crippen molar-refractivity contribution in [2.24, 2.45) is 5.73 Å². The Kier molecular flexibility index (Phi) is 4.33. The summed E-state index contributed by atoms with van der Waals surface area (Å²) in [7, 11) is 0. The Morgan fingerprint density at radius 2 is 1.97 bits per heavy atom. The Morgan fingerprint density at radius 3 is 2.61 bits per heavy atom. The lowest BCUT2D eigenvalue weighted by Gasteiger charge is -2.25. The second-order valence-corrected chi connectivity index (χ2v) is 8.31. The molecule has 2 aromatic heterocycles. The second kappa shape index (κ2) is 6.84. The van der Waals surface area contributed by atoms with Crippen molar-refractivity contribution in [3.8, 4) is 0 Å². The summed E-state index contributed by atoms with van der Waals surface area (Å²) >= 11 is 0. The van der Waals surface area contributed by atoms with Crippen LogP contribution in [0.15, 0.2) is 35.5 Å². The van der Waals surface area contributed by atoms with Crippen LogP contribution in [-0.4, -0.2) is 34.1 Å². The number of benzene rings is 1. The zero-order valence-electron chi connectivity index (χ0n) is 16.5. The number of fused-ring (bicyclic) bond motifs is 1. The molecule has 2 aliphatic rings. The number of aromatic carboxylic acids is 1. The first-order chi connectivity index (χ1) is 14.8. The third-order valence-corrected chi connectivity index (χ3v) is 6.39. The number of aromatic amines is 1. The number of carboxylic acids is 1. The fraction of sp³-hybridized carbons (Fsp3) is 0.318. The Balaban J connectivity index is 1.69. The molecule has 5 rings (SSSR count). The fourth-order valence-corrected chi connectivity index (χ4v) is 4.54. The first kappa shape index (κ1) is 19.6. The molecular weight excluding hydrogens is 406 g/mol. The van der Waals surface area contributed by atoms with Crippen LogP contribution in [0.4, 0.5) is 14.5 Å². The van der Waals surface area contributed by atoms with Gasteiger partial charge in [-0.05, 0) is 37.0 Å². The number of halogens is 2. The van der Waals surface area contributed by atoms with Gasteiger partial charge in [-0.1, -0.05) is 0 Å². The van der Waals surface area contributed by atoms with Crippen molar-refractivity contribution in [3.63, 3.8) is 0 Å². The molecule has 1 unspecified atom stereocenters. The average Bonchev–Trinajstić information content (AvgIpc) is 3.30. The Morgan fingerprint density at radius 1 is 1.26 bits per heavy atom. The lowest BCUT2D eigenvalue weighted by molar-refractivity contribution is 0.0695. The molecule has 31 heavy (non-hydrogen) atoms. The Labute approximate surface area is 175 Å². The molecule has 0 spiro atoms. The normalized spacial score (nSPS) is 19.7. The van der Waals surface area contributed by atoms with E-state index < -0.39 is 34.1 Å². The largest absolute Gasteiger partial charge is 0.477 e. The van der Waals surface area contributed by atoms with E-state index in [0.29, 0.717) is 32.4 Å². The minimum absolute atomic E-state index is 0.0853. The van der Waals surface area contributed by atoms with Gasteiger partial charge in [0.1, 0.15) is 11.3 Å². The van der Waals surface area contributed by atoms with E-state index in [9.17, 15) is 14.7 Å². The van der Waals surface area contributed by atoms with E-state index >= 15 is 8.78 Å². The predicted molar refractivity (Wildman–Crippen MR) is 110 cm³/mol. The summed E-state index contributed by atoms with van der Waals surface area (Å²) in [5.41, 5.74) is 4.14. The van der Waals surface area contributed by atoms with Crippen LogP contribution >= 0.6 is 0 Å². The van der Waals surface area contributed by atoms with Crippen LogP contribution in [0.1, 0.15) is 46.7 Å². The number of aromatic nitrogens is 2. The smallest absolute Gasteiger partial charge is 0.341 e. The lowest BCUT2D eigenvalue weighted by Crippen LogP contribution is -2.29. The van der Waals surface area contributed by atoms with Crippen LogP contribution in [0.25, 0.3) is 10.9 Å². The Hall–Kier alpha value is -3.33. The van der Waals surface area contributed by atoms with Gasteiger partial charge < -0.3 is 20.7 Å². The molecule has 4 N–H and O–H groups in total. The van der Waals surface area contributed by atoms with Gasteiger partial charge in [0.25, 0.3) is 0 Å². The summed E-state index contributed by atoms with van der Waals surface area (Å²) in [5, 5.41) is 8.97. The third-order valence-electron chi connectivity index (χ3n) is 6.39. The van der Waals surface area contributed by atoms with Crippen molar-refractivity contribution in [2.45, 2.75) is 30.7 Å². The topological polar surface area (TPSA) is 112 Å². The summed E-state index contributed by atoms with van der Waals surface area (Å²) in [6.45, 7) is 0.832. The molecule has 1 saturated heterocycles. The zero-order chi connectivity index (χ0) is 21.9. The van der Waals surface area contributed by atoms with Crippen LogP contribution in [-0.2, 0) is 5.54 Å². The average molecular weight is 426 g/mol. The van der Waals surface area contributed by atoms with Gasteiger partial charge in [0.05, 0.1) is 10.9 Å². The third kappa shape index (κ3) is 2.99. The van der Waals surface area contributed by atoms with Crippen LogP contribution in [0, 0.1) is 11.6 Å². The quantitative estimate of drug-likeness (QED) is 0.592. The number of nitrogens with zero attached hydrogens (tertiary/aromatic N) is 2. The van der Waals surface area contributed by atoms with Gasteiger partial charge >= 0.3 is 5.97 Å². The standard InChI is InChI=1S/C22H20F2N4O3/c23-16-15(22(25)4-5-22)14-18(27-9-13(20(14)29)21(30)31)17(24)19(16)28-8-3-12(10-28)11-1-6-26-7-2-11/h1-2,6-7,9,12H,3-5,8,10,25H2,(H,27,29)(H,30,31). The summed E-state index contributed by atoms with van der Waals surface area (Å²) < 4.78 is 31.4. The van der Waals surface area contributed by atoms with E-state index in [2.05, 4.69) is 9.97 Å². The van der Waals surface area contributed by atoms with Crippen LogP contribution in [0.2, 0.25) is 0 Å². The first-order valence-corrected chi connectivity index (χ1v) is 10.1. The maximum absolute atomic E-state index is 15.8. The minimum Gasteiger partial charge on any atom is -0.477 e. The van der Waals surface area contributed by atoms with Gasteiger partial charge in [0, 0.05) is 48.7 Å². The van der Waals surface area contributed by atoms with E-state index in [1.54, 1.807) is 17.3 Å². The maximum atomic E-state index is 15.8. The molecule has 3 aromatic rings. The SMILES string of the molecule is NC1(c2c(F)c(N3CCC(c4ccncc4)C3)c(F)c3[nH]cc(C(=O)O)c(=O)c23)CC1. The highest BCUT2D eigenvalue weighted by molar-refractivity contribution is 5.95. The number of anilines is 1. The molecule has 0 bridgehead atoms. The molecule has 2 fully saturated rings. The molecule has 1 atom stereocenters. The number of nitrogens with two attached hydrogens (primary N) is 1. The van der Waals surface area contributed by atoms with Crippen LogP contribution in [0.5, 0.6) is 0 Å². The molecule has 1 aliphatic heterocycles. The monoisotopic (exact) mass is 426 g/mol.